The number of carbonyl (C=O) groups excluding carboxylic acids is 2. The molecule has 0 atom stereocenters. The largest absolute Gasteiger partial charge is 0.326 e. The third kappa shape index (κ3) is 5.01. The molecule has 2 N–H and O–H groups in total. The van der Waals surface area contributed by atoms with Crippen molar-refractivity contribution >= 4 is 63.0 Å². The first kappa shape index (κ1) is 18.3. The standard InChI is InChI=1S/C18H14ClN3O2S2/c1-11(23)20-13-5-2-12(3-6-13)4-9-17(24)22-18-21-14(10-25-18)15-7-8-16(19)26-15/h2-10H,1H3,(H,20,23)(H,21,22,24)/b9-4+. The van der Waals surface area contributed by atoms with Crippen molar-refractivity contribution in [1.82, 2.24) is 4.98 Å². The van der Waals surface area contributed by atoms with Crippen LogP contribution in [0.15, 0.2) is 47.9 Å². The van der Waals surface area contributed by atoms with Gasteiger partial charge in [-0.3, -0.25) is 14.9 Å². The van der Waals surface area contributed by atoms with Gasteiger partial charge >= 0.3 is 0 Å². The molecule has 0 spiro atoms. The molecule has 0 radical (unpaired) electrons. The summed E-state index contributed by atoms with van der Waals surface area (Å²) in [6.07, 6.45) is 3.14. The highest BCUT2D eigenvalue weighted by Gasteiger charge is 2.08. The van der Waals surface area contributed by atoms with Gasteiger partial charge in [-0.25, -0.2) is 4.98 Å². The van der Waals surface area contributed by atoms with Gasteiger partial charge in [0.1, 0.15) is 0 Å². The van der Waals surface area contributed by atoms with Crippen LogP contribution in [-0.2, 0) is 9.59 Å². The van der Waals surface area contributed by atoms with Crippen molar-refractivity contribution < 1.29 is 9.59 Å². The lowest BCUT2D eigenvalue weighted by atomic mass is 10.2. The van der Waals surface area contributed by atoms with E-state index < -0.39 is 0 Å². The summed E-state index contributed by atoms with van der Waals surface area (Å²) in [6.45, 7) is 1.45. The molecule has 5 nitrogen and oxygen atoms in total. The Bertz CT molecular complexity index is 961. The van der Waals surface area contributed by atoms with Crippen LogP contribution in [0.2, 0.25) is 4.34 Å². The number of thiophene rings is 1. The zero-order chi connectivity index (χ0) is 18.5. The monoisotopic (exact) mass is 403 g/mol. The van der Waals surface area contributed by atoms with E-state index in [1.165, 1.54) is 35.7 Å². The maximum atomic E-state index is 12.0. The molecule has 3 rings (SSSR count). The van der Waals surface area contributed by atoms with Gasteiger partial charge in [-0.1, -0.05) is 23.7 Å². The molecule has 3 aromatic rings. The SMILES string of the molecule is CC(=O)Nc1ccc(/C=C/C(=O)Nc2nc(-c3ccc(Cl)s3)cs2)cc1. The van der Waals surface area contributed by atoms with Crippen LogP contribution in [0.3, 0.4) is 0 Å². The Balaban J connectivity index is 1.59. The van der Waals surface area contributed by atoms with E-state index >= 15 is 0 Å². The smallest absolute Gasteiger partial charge is 0.250 e. The Kier molecular flexibility index (Phi) is 5.82. The van der Waals surface area contributed by atoms with Gasteiger partial charge in [-0.05, 0) is 35.9 Å². The Morgan fingerprint density at radius 3 is 2.54 bits per heavy atom. The summed E-state index contributed by atoms with van der Waals surface area (Å²) in [5, 5.41) is 7.84. The minimum Gasteiger partial charge on any atom is -0.326 e. The molecular formula is C18H14ClN3O2S2. The average molecular weight is 404 g/mol. The lowest BCUT2D eigenvalue weighted by molar-refractivity contribution is -0.114. The molecule has 0 fully saturated rings. The summed E-state index contributed by atoms with van der Waals surface area (Å²) in [5.41, 5.74) is 2.35. The van der Waals surface area contributed by atoms with Crippen molar-refractivity contribution in [3.05, 3.63) is 57.8 Å². The number of nitrogens with zero attached hydrogens (tertiary/aromatic N) is 1. The normalized spacial score (nSPS) is 10.8. The molecule has 1 aromatic carbocycles. The molecule has 0 saturated carbocycles. The van der Waals surface area contributed by atoms with Gasteiger partial charge < -0.3 is 5.32 Å². The summed E-state index contributed by atoms with van der Waals surface area (Å²) in [6, 6.07) is 10.9. The number of hydrogen-bond acceptors (Lipinski definition) is 5. The first-order valence-electron chi connectivity index (χ1n) is 7.57. The number of amides is 2. The Morgan fingerprint density at radius 2 is 1.88 bits per heavy atom. The molecule has 2 amide bonds. The molecule has 0 bridgehead atoms. The molecule has 26 heavy (non-hydrogen) atoms. The van der Waals surface area contributed by atoms with Crippen LogP contribution in [0, 0.1) is 0 Å². The predicted octanol–water partition coefficient (Wildman–Crippen LogP) is 5.14. The molecule has 2 heterocycles. The van der Waals surface area contributed by atoms with E-state index in [0.717, 1.165) is 16.1 Å². The molecular weight excluding hydrogens is 390 g/mol. The first-order chi connectivity index (χ1) is 12.5. The van der Waals surface area contributed by atoms with Crippen LogP contribution in [0.4, 0.5) is 10.8 Å². The maximum absolute atomic E-state index is 12.0. The van der Waals surface area contributed by atoms with Crippen LogP contribution in [0.1, 0.15) is 12.5 Å². The number of aromatic nitrogens is 1. The number of halogens is 1. The van der Waals surface area contributed by atoms with Crippen LogP contribution in [-0.4, -0.2) is 16.8 Å². The first-order valence-corrected chi connectivity index (χ1v) is 9.65. The third-order valence-electron chi connectivity index (χ3n) is 3.22. The maximum Gasteiger partial charge on any atom is 0.250 e. The summed E-state index contributed by atoms with van der Waals surface area (Å²) in [7, 11) is 0. The minimum atomic E-state index is -0.263. The fourth-order valence-electron chi connectivity index (χ4n) is 2.10. The van der Waals surface area contributed by atoms with E-state index in [1.807, 2.05) is 29.6 Å². The number of rotatable bonds is 5. The summed E-state index contributed by atoms with van der Waals surface area (Å²) in [5.74, 6) is -0.388. The third-order valence-corrected chi connectivity index (χ3v) is 5.23. The van der Waals surface area contributed by atoms with E-state index in [1.54, 1.807) is 18.2 Å². The van der Waals surface area contributed by atoms with E-state index in [-0.39, 0.29) is 11.8 Å². The quantitative estimate of drug-likeness (QED) is 0.579. The molecule has 0 aliphatic carbocycles. The van der Waals surface area contributed by atoms with E-state index in [9.17, 15) is 9.59 Å². The second-order valence-corrected chi connectivity index (χ2v) is 7.84. The summed E-state index contributed by atoms with van der Waals surface area (Å²) in [4.78, 5) is 28.4. The zero-order valence-corrected chi connectivity index (χ0v) is 16.0. The molecule has 0 aliphatic rings. The molecule has 0 unspecified atom stereocenters. The second-order valence-electron chi connectivity index (χ2n) is 5.27. The zero-order valence-electron chi connectivity index (χ0n) is 13.7. The fraction of sp³-hybridized carbons (Fsp3) is 0.0556. The number of thiazole rings is 1. The van der Waals surface area contributed by atoms with Crippen LogP contribution in [0.5, 0.6) is 0 Å². The molecule has 8 heteroatoms. The Morgan fingerprint density at radius 1 is 1.12 bits per heavy atom. The van der Waals surface area contributed by atoms with Crippen molar-refractivity contribution in [2.45, 2.75) is 6.92 Å². The number of anilines is 2. The molecule has 0 saturated heterocycles. The van der Waals surface area contributed by atoms with Crippen molar-refractivity contribution in [3.8, 4) is 10.6 Å². The highest BCUT2D eigenvalue weighted by molar-refractivity contribution is 7.20. The minimum absolute atomic E-state index is 0.125. The van der Waals surface area contributed by atoms with Crippen molar-refractivity contribution in [1.29, 1.82) is 0 Å². The van der Waals surface area contributed by atoms with Gasteiger partial charge in [0.2, 0.25) is 11.8 Å². The van der Waals surface area contributed by atoms with E-state index in [2.05, 4.69) is 15.6 Å². The highest BCUT2D eigenvalue weighted by atomic mass is 35.5. The van der Waals surface area contributed by atoms with Gasteiger partial charge in [-0.15, -0.1) is 22.7 Å². The van der Waals surface area contributed by atoms with E-state index in [4.69, 9.17) is 11.6 Å². The second kappa shape index (κ2) is 8.27. The van der Waals surface area contributed by atoms with Crippen molar-refractivity contribution in [3.63, 3.8) is 0 Å². The van der Waals surface area contributed by atoms with Crippen molar-refractivity contribution in [2.75, 3.05) is 10.6 Å². The molecule has 0 aliphatic heterocycles. The Hall–Kier alpha value is -2.48. The van der Waals surface area contributed by atoms with Crippen LogP contribution in [0.25, 0.3) is 16.6 Å². The van der Waals surface area contributed by atoms with Crippen molar-refractivity contribution in [2.24, 2.45) is 0 Å². The number of hydrogen-bond donors (Lipinski definition) is 2. The lowest BCUT2D eigenvalue weighted by Crippen LogP contribution is -2.07. The average Bonchev–Trinajstić information content (AvgIpc) is 3.22. The van der Waals surface area contributed by atoms with Gasteiger partial charge in [0.05, 0.1) is 14.9 Å². The summed E-state index contributed by atoms with van der Waals surface area (Å²) >= 11 is 8.73. The fourth-order valence-corrected chi connectivity index (χ4v) is 3.89. The topological polar surface area (TPSA) is 71.1 Å². The Labute approximate surface area is 163 Å². The number of benzene rings is 1. The van der Waals surface area contributed by atoms with Gasteiger partial charge in [0, 0.05) is 24.1 Å². The van der Waals surface area contributed by atoms with Gasteiger partial charge in [0.15, 0.2) is 5.13 Å². The number of nitrogens with one attached hydrogen (secondary N) is 2. The van der Waals surface area contributed by atoms with Crippen LogP contribution >= 0.6 is 34.3 Å². The van der Waals surface area contributed by atoms with Gasteiger partial charge in [-0.2, -0.15) is 0 Å². The predicted molar refractivity (Wildman–Crippen MR) is 109 cm³/mol. The highest BCUT2D eigenvalue weighted by Crippen LogP contribution is 2.32. The van der Waals surface area contributed by atoms with E-state index in [0.29, 0.717) is 15.2 Å². The lowest BCUT2D eigenvalue weighted by Gasteiger charge is -2.01. The number of carbonyl (C=O) groups is 2. The molecule has 132 valence electrons. The summed E-state index contributed by atoms with van der Waals surface area (Å²) < 4.78 is 0.700. The van der Waals surface area contributed by atoms with Gasteiger partial charge in [0.25, 0.3) is 0 Å². The van der Waals surface area contributed by atoms with Crippen LogP contribution < -0.4 is 10.6 Å². The molecule has 2 aromatic heterocycles.